The standard InChI is InChI=1S/C38H59N11O7/c1-19(2)14-26-33(52)46-27(15-20(3)4)36(55)49-31(21(5)6)37(56)48-29(17-30(39)50)35(54)44-25(12-9-13-42-38(40)41)32(51)47-28(34(53)45-26)16-22-18-43-24-11-8-7-10-23(22)24/h7-8,10-11,18-21,25-29,31,43H,9,12-17H2,1-6H3,(H2,39,50)(H,44,54)(H,45,53)(H,46,52)(H,47,51)(H,48,56)(H,49,55)(H4,40,41,42)/t25-,26+,27-,28+,29+,31+/m0/s1. The first kappa shape index (κ1) is 44.7. The van der Waals surface area contributed by atoms with Crippen molar-refractivity contribution < 1.29 is 33.6 Å². The topological polar surface area (TPSA) is 298 Å². The summed E-state index contributed by atoms with van der Waals surface area (Å²) in [5, 5.41) is 17.0. The second-order valence-electron chi connectivity index (χ2n) is 15.5. The average molecular weight is 782 g/mol. The smallest absolute Gasteiger partial charge is 0.243 e. The summed E-state index contributed by atoms with van der Waals surface area (Å²) in [6.07, 6.45) is 1.66. The van der Waals surface area contributed by atoms with Gasteiger partial charge in [0, 0.05) is 30.1 Å². The summed E-state index contributed by atoms with van der Waals surface area (Å²) in [6.45, 7) is 10.9. The van der Waals surface area contributed by atoms with Crippen molar-refractivity contribution in [3.05, 3.63) is 36.0 Å². The third kappa shape index (κ3) is 13.6. The fourth-order valence-corrected chi connectivity index (χ4v) is 6.46. The lowest BCUT2D eigenvalue weighted by Gasteiger charge is -2.30. The van der Waals surface area contributed by atoms with Crippen LogP contribution >= 0.6 is 0 Å². The third-order valence-corrected chi connectivity index (χ3v) is 9.28. The Morgan fingerprint density at radius 1 is 0.661 bits per heavy atom. The van der Waals surface area contributed by atoms with Gasteiger partial charge in [0.05, 0.1) is 6.42 Å². The van der Waals surface area contributed by atoms with E-state index in [0.29, 0.717) is 5.56 Å². The van der Waals surface area contributed by atoms with Gasteiger partial charge < -0.3 is 54.1 Å². The fraction of sp³-hybridized carbons (Fsp3) is 0.579. The second kappa shape index (κ2) is 20.8. The molecule has 0 spiro atoms. The summed E-state index contributed by atoms with van der Waals surface area (Å²) in [7, 11) is 0. The molecule has 1 aromatic carbocycles. The number of rotatable bonds is 13. The van der Waals surface area contributed by atoms with E-state index < -0.39 is 89.9 Å². The maximum atomic E-state index is 14.3. The highest BCUT2D eigenvalue weighted by molar-refractivity contribution is 5.99. The molecular weight excluding hydrogens is 722 g/mol. The van der Waals surface area contributed by atoms with Crippen LogP contribution in [0.1, 0.15) is 79.2 Å². The Bertz CT molecular complexity index is 1750. The van der Waals surface area contributed by atoms with Crippen molar-refractivity contribution in [2.75, 3.05) is 6.54 Å². The van der Waals surface area contributed by atoms with Gasteiger partial charge in [-0.05, 0) is 55.1 Å². The molecule has 308 valence electrons. The molecule has 6 atom stereocenters. The molecule has 1 aliphatic heterocycles. The van der Waals surface area contributed by atoms with Crippen molar-refractivity contribution in [1.82, 2.24) is 36.9 Å². The van der Waals surface area contributed by atoms with Gasteiger partial charge >= 0.3 is 0 Å². The number of H-pyrrole nitrogens is 1. The summed E-state index contributed by atoms with van der Waals surface area (Å²) in [4.78, 5) is 103. The van der Waals surface area contributed by atoms with Crippen LogP contribution in [-0.4, -0.2) is 95.1 Å². The Morgan fingerprint density at radius 3 is 1.73 bits per heavy atom. The maximum Gasteiger partial charge on any atom is 0.243 e. The molecule has 7 amide bonds. The minimum absolute atomic E-state index is 0.0123. The summed E-state index contributed by atoms with van der Waals surface area (Å²) in [5.74, 6) is -6.16. The van der Waals surface area contributed by atoms with Crippen LogP contribution in [0.15, 0.2) is 35.5 Å². The number of benzene rings is 1. The van der Waals surface area contributed by atoms with Crippen LogP contribution in [0.5, 0.6) is 0 Å². The van der Waals surface area contributed by atoms with Crippen molar-refractivity contribution in [3.8, 4) is 0 Å². The molecule has 0 aliphatic carbocycles. The SMILES string of the molecule is CC(C)C[C@@H]1NC(=O)[C@@H](CC(C)C)NC(=O)[C@@H](Cc2c[nH]c3ccccc23)NC(=O)[C@H](CCCN=C(N)N)NC(=O)[C@@H](CC(N)=O)NC(=O)[C@@H](C(C)C)NC1=O. The first-order valence-electron chi connectivity index (χ1n) is 19.1. The zero-order valence-corrected chi connectivity index (χ0v) is 33.1. The number of aromatic amines is 1. The number of hydrogen-bond donors (Lipinski definition) is 10. The highest BCUT2D eigenvalue weighted by Gasteiger charge is 2.36. The van der Waals surface area contributed by atoms with Crippen LogP contribution in [0.2, 0.25) is 0 Å². The summed E-state index contributed by atoms with van der Waals surface area (Å²) >= 11 is 0. The molecule has 1 saturated heterocycles. The molecule has 2 heterocycles. The number of fused-ring (bicyclic) bond motifs is 1. The van der Waals surface area contributed by atoms with Gasteiger partial charge in [0.25, 0.3) is 0 Å². The van der Waals surface area contributed by atoms with Gasteiger partial charge in [-0.3, -0.25) is 38.6 Å². The molecule has 1 aromatic heterocycles. The van der Waals surface area contributed by atoms with Crippen molar-refractivity contribution in [2.24, 2.45) is 39.9 Å². The van der Waals surface area contributed by atoms with E-state index in [1.807, 2.05) is 52.0 Å². The number of para-hydroxylation sites is 1. The number of amides is 7. The average Bonchev–Trinajstić information content (AvgIpc) is 3.51. The summed E-state index contributed by atoms with van der Waals surface area (Å²) in [6, 6.07) is -0.125. The Hall–Kier alpha value is -5.68. The van der Waals surface area contributed by atoms with E-state index in [1.54, 1.807) is 20.0 Å². The number of aromatic nitrogens is 1. The minimum atomic E-state index is -1.54. The zero-order chi connectivity index (χ0) is 41.7. The largest absolute Gasteiger partial charge is 0.370 e. The molecule has 2 aromatic rings. The number of aliphatic imine (C=N–C) groups is 1. The molecule has 3 rings (SSSR count). The summed E-state index contributed by atoms with van der Waals surface area (Å²) in [5.41, 5.74) is 17.9. The van der Waals surface area contributed by atoms with Gasteiger partial charge in [-0.2, -0.15) is 0 Å². The van der Waals surface area contributed by atoms with Gasteiger partial charge in [0.2, 0.25) is 41.4 Å². The van der Waals surface area contributed by atoms with Crippen LogP contribution in [0.4, 0.5) is 0 Å². The molecule has 0 radical (unpaired) electrons. The molecule has 0 bridgehead atoms. The number of nitrogens with zero attached hydrogens (tertiary/aromatic N) is 1. The van der Waals surface area contributed by atoms with Gasteiger partial charge in [-0.25, -0.2) is 0 Å². The highest BCUT2D eigenvalue weighted by atomic mass is 16.2. The summed E-state index contributed by atoms with van der Waals surface area (Å²) < 4.78 is 0. The number of carbonyl (C=O) groups is 7. The van der Waals surface area contributed by atoms with Crippen LogP contribution in [-0.2, 0) is 40.0 Å². The lowest BCUT2D eigenvalue weighted by Crippen LogP contribution is -2.62. The van der Waals surface area contributed by atoms with Gasteiger partial charge in [-0.1, -0.05) is 59.7 Å². The molecule has 1 fully saturated rings. The highest BCUT2D eigenvalue weighted by Crippen LogP contribution is 2.20. The molecule has 18 heteroatoms. The van der Waals surface area contributed by atoms with Crippen LogP contribution < -0.4 is 49.1 Å². The Balaban J connectivity index is 2.15. The van der Waals surface area contributed by atoms with E-state index >= 15 is 0 Å². The maximum absolute atomic E-state index is 14.3. The lowest BCUT2D eigenvalue weighted by molar-refractivity contribution is -0.137. The number of carbonyl (C=O) groups excluding carboxylic acids is 7. The first-order valence-corrected chi connectivity index (χ1v) is 19.1. The lowest BCUT2D eigenvalue weighted by atomic mass is 9.97. The molecule has 18 nitrogen and oxygen atoms in total. The molecular formula is C38H59N11O7. The quantitative estimate of drug-likeness (QED) is 0.0698. The van der Waals surface area contributed by atoms with Gasteiger partial charge in [0.1, 0.15) is 36.3 Å². The fourth-order valence-electron chi connectivity index (χ4n) is 6.46. The monoisotopic (exact) mass is 781 g/mol. The predicted octanol–water partition coefficient (Wildman–Crippen LogP) is -0.690. The molecule has 0 unspecified atom stereocenters. The van der Waals surface area contributed by atoms with Crippen molar-refractivity contribution in [3.63, 3.8) is 0 Å². The van der Waals surface area contributed by atoms with E-state index in [1.165, 1.54) is 0 Å². The number of hydrogen-bond acceptors (Lipinski definition) is 8. The molecule has 56 heavy (non-hydrogen) atoms. The Kier molecular flexibility index (Phi) is 16.6. The number of primary amides is 1. The van der Waals surface area contributed by atoms with E-state index in [0.717, 1.165) is 10.9 Å². The van der Waals surface area contributed by atoms with E-state index in [4.69, 9.17) is 17.2 Å². The van der Waals surface area contributed by atoms with E-state index in [-0.39, 0.29) is 56.4 Å². The minimum Gasteiger partial charge on any atom is -0.370 e. The number of guanidine groups is 1. The van der Waals surface area contributed by atoms with E-state index in [9.17, 15) is 33.6 Å². The van der Waals surface area contributed by atoms with Crippen molar-refractivity contribution >= 4 is 58.2 Å². The van der Waals surface area contributed by atoms with Gasteiger partial charge in [-0.15, -0.1) is 0 Å². The van der Waals surface area contributed by atoms with Gasteiger partial charge in [0.15, 0.2) is 5.96 Å². The van der Waals surface area contributed by atoms with Crippen molar-refractivity contribution in [1.29, 1.82) is 0 Å². The zero-order valence-electron chi connectivity index (χ0n) is 33.1. The number of nitrogens with one attached hydrogen (secondary N) is 7. The second-order valence-corrected chi connectivity index (χ2v) is 15.5. The first-order chi connectivity index (χ1) is 26.4. The van der Waals surface area contributed by atoms with E-state index in [2.05, 4.69) is 41.9 Å². The van der Waals surface area contributed by atoms with Crippen LogP contribution in [0, 0.1) is 17.8 Å². The van der Waals surface area contributed by atoms with Crippen LogP contribution in [0.3, 0.4) is 0 Å². The predicted molar refractivity (Wildman–Crippen MR) is 211 cm³/mol. The molecule has 13 N–H and O–H groups in total. The third-order valence-electron chi connectivity index (χ3n) is 9.28. The number of nitrogens with two attached hydrogens (primary N) is 3. The Morgan fingerprint density at radius 2 is 1.16 bits per heavy atom. The Labute approximate surface area is 327 Å². The molecule has 0 saturated carbocycles. The van der Waals surface area contributed by atoms with Crippen molar-refractivity contribution in [2.45, 2.75) is 116 Å². The van der Waals surface area contributed by atoms with Crippen LogP contribution in [0.25, 0.3) is 10.9 Å². The normalized spacial score (nSPS) is 23.4. The molecule has 1 aliphatic rings.